The Labute approximate surface area is 113 Å². The van der Waals surface area contributed by atoms with Crippen molar-refractivity contribution in [1.29, 1.82) is 0 Å². The second-order valence-corrected chi connectivity index (χ2v) is 6.20. The molecule has 0 fully saturated rings. The Morgan fingerprint density at radius 1 is 1.53 bits per heavy atom. The Kier molecular flexibility index (Phi) is 3.28. The van der Waals surface area contributed by atoms with Crippen LogP contribution in [0.25, 0.3) is 0 Å². The van der Waals surface area contributed by atoms with Gasteiger partial charge in [-0.25, -0.2) is 9.97 Å². The molecular weight excluding hydrogens is 290 g/mol. The summed E-state index contributed by atoms with van der Waals surface area (Å²) < 4.78 is 27.8. The number of nitrogens with zero attached hydrogens (tertiary/aromatic N) is 3. The van der Waals surface area contributed by atoms with Gasteiger partial charge in [-0.3, -0.25) is 9.52 Å². The summed E-state index contributed by atoms with van der Waals surface area (Å²) in [5.41, 5.74) is 5.72. The lowest BCUT2D eigenvalue weighted by atomic mass is 10.4. The number of ketones is 1. The highest BCUT2D eigenvalue weighted by atomic mass is 32.2. The molecule has 0 saturated carbocycles. The van der Waals surface area contributed by atoms with Gasteiger partial charge in [0.2, 0.25) is 0 Å². The van der Waals surface area contributed by atoms with Crippen LogP contribution in [0.3, 0.4) is 0 Å². The molecule has 0 bridgehead atoms. The van der Waals surface area contributed by atoms with Gasteiger partial charge in [0.05, 0.1) is 6.33 Å². The van der Waals surface area contributed by atoms with E-state index in [1.807, 2.05) is 0 Å². The van der Waals surface area contributed by atoms with Gasteiger partial charge in [-0.05, 0) is 0 Å². The molecule has 0 aliphatic carbocycles. The molecule has 2 rings (SSSR count). The van der Waals surface area contributed by atoms with Crippen molar-refractivity contribution in [3.05, 3.63) is 17.4 Å². The van der Waals surface area contributed by atoms with Gasteiger partial charge in [0, 0.05) is 19.4 Å². The Bertz CT molecular complexity index is 711. The smallest absolute Gasteiger partial charge is 0.283 e. The summed E-state index contributed by atoms with van der Waals surface area (Å²) >= 11 is 1.02. The van der Waals surface area contributed by atoms with E-state index in [-0.39, 0.29) is 27.5 Å². The molecule has 2 aromatic rings. The van der Waals surface area contributed by atoms with Crippen molar-refractivity contribution in [2.75, 3.05) is 10.5 Å². The number of nitrogen functional groups attached to an aromatic ring is 1. The van der Waals surface area contributed by atoms with Gasteiger partial charge >= 0.3 is 0 Å². The zero-order chi connectivity index (χ0) is 14.2. The summed E-state index contributed by atoms with van der Waals surface area (Å²) in [7, 11) is -2.37. The van der Waals surface area contributed by atoms with Crippen molar-refractivity contribution in [2.45, 2.75) is 11.9 Å². The molecule has 0 amide bonds. The lowest BCUT2D eigenvalue weighted by Crippen LogP contribution is -2.17. The number of imidazole rings is 1. The van der Waals surface area contributed by atoms with Crippen LogP contribution in [-0.2, 0) is 17.1 Å². The molecule has 2 heterocycles. The minimum Gasteiger partial charge on any atom is -0.381 e. The number of sulfonamides is 1. The van der Waals surface area contributed by atoms with E-state index in [1.165, 1.54) is 30.2 Å². The molecule has 0 aliphatic rings. The first-order valence-electron chi connectivity index (χ1n) is 5.07. The summed E-state index contributed by atoms with van der Waals surface area (Å²) in [5, 5.41) is 1.44. The zero-order valence-corrected chi connectivity index (χ0v) is 11.7. The van der Waals surface area contributed by atoms with Crippen molar-refractivity contribution in [2.24, 2.45) is 7.05 Å². The highest BCUT2D eigenvalue weighted by Crippen LogP contribution is 2.22. The third kappa shape index (κ3) is 2.58. The summed E-state index contributed by atoms with van der Waals surface area (Å²) in [6, 6.07) is 0. The third-order valence-corrected chi connectivity index (χ3v) is 4.61. The van der Waals surface area contributed by atoms with Crippen LogP contribution >= 0.6 is 11.3 Å². The lowest BCUT2D eigenvalue weighted by Gasteiger charge is -2.06. The van der Waals surface area contributed by atoms with E-state index in [0.29, 0.717) is 0 Å². The maximum absolute atomic E-state index is 12.1. The number of nitrogens with one attached hydrogen (secondary N) is 1. The highest BCUT2D eigenvalue weighted by Gasteiger charge is 2.23. The predicted molar refractivity (Wildman–Crippen MR) is 70.5 cm³/mol. The predicted octanol–water partition coefficient (Wildman–Crippen LogP) is 0.462. The maximum Gasteiger partial charge on any atom is 0.283 e. The third-order valence-electron chi connectivity index (χ3n) is 2.25. The fourth-order valence-electron chi connectivity index (χ4n) is 1.41. The minimum atomic E-state index is -3.88. The molecule has 10 heteroatoms. The fraction of sp³-hybridized carbons (Fsp3) is 0.222. The van der Waals surface area contributed by atoms with Crippen LogP contribution in [0.5, 0.6) is 0 Å². The first-order chi connectivity index (χ1) is 8.81. The second kappa shape index (κ2) is 4.63. The van der Waals surface area contributed by atoms with Crippen molar-refractivity contribution in [1.82, 2.24) is 14.5 Å². The van der Waals surface area contributed by atoms with E-state index in [2.05, 4.69) is 14.7 Å². The average Bonchev–Trinajstić information content (AvgIpc) is 2.85. The van der Waals surface area contributed by atoms with Gasteiger partial charge in [0.25, 0.3) is 10.0 Å². The fourth-order valence-corrected chi connectivity index (χ4v) is 3.65. The largest absolute Gasteiger partial charge is 0.381 e. The molecule has 0 spiro atoms. The number of aromatic nitrogens is 3. The van der Waals surface area contributed by atoms with Crippen LogP contribution in [0.15, 0.2) is 16.7 Å². The number of hydrogen-bond donors (Lipinski definition) is 2. The number of hydrogen-bond acceptors (Lipinski definition) is 7. The number of rotatable bonds is 4. The number of anilines is 2. The van der Waals surface area contributed by atoms with E-state index in [4.69, 9.17) is 5.73 Å². The Balaban J connectivity index is 2.34. The normalized spacial score (nSPS) is 11.5. The maximum atomic E-state index is 12.1. The quantitative estimate of drug-likeness (QED) is 0.792. The van der Waals surface area contributed by atoms with E-state index in [1.54, 1.807) is 0 Å². The van der Waals surface area contributed by atoms with Crippen LogP contribution in [0.1, 0.15) is 17.4 Å². The molecule has 8 nitrogen and oxygen atoms in total. The van der Waals surface area contributed by atoms with Gasteiger partial charge in [-0.2, -0.15) is 8.42 Å². The molecule has 0 unspecified atom stereocenters. The van der Waals surface area contributed by atoms with Crippen molar-refractivity contribution >= 4 is 38.1 Å². The molecule has 0 atom stereocenters. The van der Waals surface area contributed by atoms with Crippen LogP contribution in [0.4, 0.5) is 10.9 Å². The number of nitrogens with two attached hydrogens (primary N) is 1. The Morgan fingerprint density at radius 2 is 2.21 bits per heavy atom. The summed E-state index contributed by atoms with van der Waals surface area (Å²) in [6.45, 7) is 1.35. The number of aryl methyl sites for hydroxylation is 1. The second-order valence-electron chi connectivity index (χ2n) is 3.75. The van der Waals surface area contributed by atoms with Gasteiger partial charge in [-0.15, -0.1) is 11.3 Å². The van der Waals surface area contributed by atoms with Gasteiger partial charge < -0.3 is 10.3 Å². The topological polar surface area (TPSA) is 120 Å². The van der Waals surface area contributed by atoms with Crippen molar-refractivity contribution in [3.8, 4) is 0 Å². The number of carbonyl (C=O) groups is 1. The van der Waals surface area contributed by atoms with Crippen molar-refractivity contribution in [3.63, 3.8) is 0 Å². The molecular formula is C9H11N5O3S2. The number of thiazole rings is 1. The molecule has 0 radical (unpaired) electrons. The Hall–Kier alpha value is -1.94. The summed E-state index contributed by atoms with van der Waals surface area (Å²) in [6.07, 6.45) is 1.30. The molecule has 102 valence electrons. The van der Waals surface area contributed by atoms with Crippen LogP contribution in [-0.4, -0.2) is 28.7 Å². The number of Topliss-reactive ketones (excluding diaryl/α,β-unsaturated/α-hetero) is 1. The summed E-state index contributed by atoms with van der Waals surface area (Å²) in [5.74, 6) is -0.333. The first kappa shape index (κ1) is 13.5. The van der Waals surface area contributed by atoms with Gasteiger partial charge in [-0.1, -0.05) is 0 Å². The highest BCUT2D eigenvalue weighted by molar-refractivity contribution is 7.93. The molecule has 0 aliphatic heterocycles. The first-order valence-corrected chi connectivity index (χ1v) is 7.43. The molecule has 2 aromatic heterocycles. The van der Waals surface area contributed by atoms with Crippen LogP contribution in [0.2, 0.25) is 0 Å². The van der Waals surface area contributed by atoms with Crippen LogP contribution < -0.4 is 10.5 Å². The van der Waals surface area contributed by atoms with Gasteiger partial charge in [0.1, 0.15) is 5.69 Å². The van der Waals surface area contributed by atoms with Crippen molar-refractivity contribution < 1.29 is 13.2 Å². The van der Waals surface area contributed by atoms with E-state index in [9.17, 15) is 13.2 Å². The van der Waals surface area contributed by atoms with E-state index >= 15 is 0 Å². The standard InChI is InChI=1S/C9H11N5O3S2/c1-5(15)6-3-18-9(12-6)13-19(16,17)8-7(10)11-4-14(8)2/h3-4H,10H2,1-2H3,(H,12,13). The molecule has 19 heavy (non-hydrogen) atoms. The molecule has 0 saturated heterocycles. The van der Waals surface area contributed by atoms with Crippen LogP contribution in [0, 0.1) is 0 Å². The monoisotopic (exact) mass is 301 g/mol. The molecule has 3 N–H and O–H groups in total. The SMILES string of the molecule is CC(=O)c1csc(NS(=O)(=O)c2c(N)ncn2C)n1. The number of carbonyl (C=O) groups excluding carboxylic acids is 1. The van der Waals surface area contributed by atoms with Gasteiger partial charge in [0.15, 0.2) is 21.8 Å². The zero-order valence-electron chi connectivity index (χ0n) is 10.1. The Morgan fingerprint density at radius 3 is 2.68 bits per heavy atom. The van der Waals surface area contributed by atoms with E-state index in [0.717, 1.165) is 11.3 Å². The minimum absolute atomic E-state index is 0.0988. The average molecular weight is 301 g/mol. The van der Waals surface area contributed by atoms with E-state index < -0.39 is 10.0 Å². The summed E-state index contributed by atoms with van der Waals surface area (Å²) in [4.78, 5) is 18.7. The molecule has 0 aromatic carbocycles. The lowest BCUT2D eigenvalue weighted by molar-refractivity contribution is 0.101.